The normalized spacial score (nSPS) is 11.3. The Morgan fingerprint density at radius 1 is 0.868 bits per heavy atom. The molecule has 0 aliphatic carbocycles. The van der Waals surface area contributed by atoms with Gasteiger partial charge in [0.2, 0.25) is 0 Å². The maximum absolute atomic E-state index is 13.4. The minimum absolute atomic E-state index is 0.101. The van der Waals surface area contributed by atoms with Crippen molar-refractivity contribution >= 4 is 27.8 Å². The first-order chi connectivity index (χ1) is 18.3. The third-order valence-electron chi connectivity index (χ3n) is 5.81. The summed E-state index contributed by atoms with van der Waals surface area (Å²) in [4.78, 5) is 12.9. The number of rotatable bonds is 10. The van der Waals surface area contributed by atoms with Crippen molar-refractivity contribution in [1.82, 2.24) is 5.43 Å². The lowest BCUT2D eigenvalue weighted by molar-refractivity contribution is -0.119. The third-order valence-corrected chi connectivity index (χ3v) is 7.59. The molecule has 0 fully saturated rings. The number of sulfonamides is 1. The Hall–Kier alpha value is -4.43. The van der Waals surface area contributed by atoms with Crippen LogP contribution in [-0.2, 0) is 21.4 Å². The number of carbonyl (C=O) groups is 1. The fourth-order valence-corrected chi connectivity index (χ4v) is 5.21. The van der Waals surface area contributed by atoms with E-state index in [-0.39, 0.29) is 4.90 Å². The second kappa shape index (κ2) is 12.2. The fraction of sp³-hybridized carbons (Fsp3) is 0.133. The zero-order chi connectivity index (χ0) is 27.0. The van der Waals surface area contributed by atoms with Crippen molar-refractivity contribution in [3.63, 3.8) is 0 Å². The van der Waals surface area contributed by atoms with Gasteiger partial charge in [0.05, 0.1) is 16.8 Å². The number of nitrogens with zero attached hydrogens (tertiary/aromatic N) is 2. The number of hydrazone groups is 1. The van der Waals surface area contributed by atoms with Crippen LogP contribution in [0.1, 0.15) is 22.3 Å². The van der Waals surface area contributed by atoms with Gasteiger partial charge in [0, 0.05) is 0 Å². The third kappa shape index (κ3) is 6.86. The van der Waals surface area contributed by atoms with E-state index >= 15 is 0 Å². The Morgan fingerprint density at radius 3 is 2.21 bits per heavy atom. The molecule has 1 N–H and O–H groups in total. The molecule has 1 amide bonds. The fourth-order valence-electron chi connectivity index (χ4n) is 3.71. The summed E-state index contributed by atoms with van der Waals surface area (Å²) in [7, 11) is -3.97. The number of para-hydroxylation sites is 1. The molecule has 194 valence electrons. The van der Waals surface area contributed by atoms with Crippen molar-refractivity contribution in [2.75, 3.05) is 10.8 Å². The number of hydrogen-bond donors (Lipinski definition) is 1. The average Bonchev–Trinajstić information content (AvgIpc) is 2.93. The summed E-state index contributed by atoms with van der Waals surface area (Å²) in [6.07, 6.45) is 1.49. The molecule has 4 aromatic carbocycles. The molecule has 8 heteroatoms. The van der Waals surface area contributed by atoms with Crippen LogP contribution in [0, 0.1) is 13.8 Å². The Labute approximate surface area is 223 Å². The summed E-state index contributed by atoms with van der Waals surface area (Å²) >= 11 is 0. The molecule has 0 aliphatic rings. The highest BCUT2D eigenvalue weighted by Crippen LogP contribution is 2.26. The molecule has 0 saturated heterocycles. The number of ether oxygens (including phenoxy) is 1. The number of anilines is 1. The number of aryl methyl sites for hydroxylation is 2. The molecular weight excluding hydrogens is 498 g/mol. The van der Waals surface area contributed by atoms with Crippen LogP contribution >= 0.6 is 0 Å². The molecule has 0 heterocycles. The summed E-state index contributed by atoms with van der Waals surface area (Å²) < 4.78 is 33.7. The van der Waals surface area contributed by atoms with Gasteiger partial charge in [-0.1, -0.05) is 66.2 Å². The van der Waals surface area contributed by atoms with Crippen molar-refractivity contribution in [1.29, 1.82) is 0 Å². The molecule has 0 atom stereocenters. The van der Waals surface area contributed by atoms with Crippen molar-refractivity contribution < 1.29 is 17.9 Å². The number of hydrogen-bond acceptors (Lipinski definition) is 5. The maximum atomic E-state index is 13.4. The molecule has 0 aliphatic heterocycles. The summed E-state index contributed by atoms with van der Waals surface area (Å²) in [6.45, 7) is 3.88. The van der Waals surface area contributed by atoms with Crippen molar-refractivity contribution in [2.45, 2.75) is 25.3 Å². The van der Waals surface area contributed by atoms with E-state index in [1.165, 1.54) is 23.9 Å². The van der Waals surface area contributed by atoms with E-state index in [0.717, 1.165) is 21.0 Å². The molecule has 0 aromatic heterocycles. The van der Waals surface area contributed by atoms with Gasteiger partial charge in [0.1, 0.15) is 18.9 Å². The van der Waals surface area contributed by atoms with E-state index in [1.54, 1.807) is 43.3 Å². The first-order valence-electron chi connectivity index (χ1n) is 12.1. The minimum atomic E-state index is -3.97. The van der Waals surface area contributed by atoms with Gasteiger partial charge in [0.25, 0.3) is 15.9 Å². The van der Waals surface area contributed by atoms with E-state index < -0.39 is 22.5 Å². The first-order valence-corrected chi connectivity index (χ1v) is 13.5. The highest BCUT2D eigenvalue weighted by atomic mass is 32.2. The Balaban J connectivity index is 1.39. The smallest absolute Gasteiger partial charge is 0.264 e. The topological polar surface area (TPSA) is 88.1 Å². The summed E-state index contributed by atoms with van der Waals surface area (Å²) in [5.74, 6) is 0.147. The van der Waals surface area contributed by atoms with Crippen LogP contribution < -0.4 is 14.5 Å². The standard InChI is InChI=1S/C30H29N3O4S/c1-23-12-14-26(15-13-23)22-37-27-18-16-25(17-19-27)20-31-32-30(34)21-33(29-11-7-6-8-24(29)2)38(35,36)28-9-4-3-5-10-28/h3-20H,21-22H2,1-2H3,(H,32,34)/b31-20-. The lowest BCUT2D eigenvalue weighted by atomic mass is 10.2. The van der Waals surface area contributed by atoms with Gasteiger partial charge in [-0.15, -0.1) is 0 Å². The Kier molecular flexibility index (Phi) is 8.55. The van der Waals surface area contributed by atoms with Gasteiger partial charge in [-0.2, -0.15) is 5.10 Å². The van der Waals surface area contributed by atoms with E-state index in [1.807, 2.05) is 61.5 Å². The van der Waals surface area contributed by atoms with Crippen LogP contribution in [0.3, 0.4) is 0 Å². The highest BCUT2D eigenvalue weighted by molar-refractivity contribution is 7.92. The quantitative estimate of drug-likeness (QED) is 0.226. The zero-order valence-corrected chi connectivity index (χ0v) is 22.1. The van der Waals surface area contributed by atoms with Crippen molar-refractivity contribution in [3.05, 3.63) is 125 Å². The molecule has 38 heavy (non-hydrogen) atoms. The predicted octanol–water partition coefficient (Wildman–Crippen LogP) is 5.23. The van der Waals surface area contributed by atoms with E-state index in [9.17, 15) is 13.2 Å². The Bertz CT molecular complexity index is 1500. The van der Waals surface area contributed by atoms with Crippen molar-refractivity contribution in [3.8, 4) is 5.75 Å². The van der Waals surface area contributed by atoms with E-state index in [0.29, 0.717) is 18.0 Å². The maximum Gasteiger partial charge on any atom is 0.264 e. The van der Waals surface area contributed by atoms with Gasteiger partial charge in [-0.3, -0.25) is 9.10 Å². The first kappa shape index (κ1) is 26.6. The SMILES string of the molecule is Cc1ccc(COc2ccc(/C=N\NC(=O)CN(c3ccccc3C)S(=O)(=O)c3ccccc3)cc2)cc1. The number of carbonyl (C=O) groups excluding carboxylic acids is 1. The van der Waals surface area contributed by atoms with Gasteiger partial charge in [0.15, 0.2) is 0 Å². The van der Waals surface area contributed by atoms with E-state index in [4.69, 9.17) is 4.74 Å². The lowest BCUT2D eigenvalue weighted by Gasteiger charge is -2.25. The molecular formula is C30H29N3O4S. The molecule has 0 bridgehead atoms. The van der Waals surface area contributed by atoms with Gasteiger partial charge in [-0.25, -0.2) is 13.8 Å². The molecule has 4 aromatic rings. The lowest BCUT2D eigenvalue weighted by Crippen LogP contribution is -2.40. The van der Waals surface area contributed by atoms with Crippen molar-refractivity contribution in [2.24, 2.45) is 5.10 Å². The zero-order valence-electron chi connectivity index (χ0n) is 21.2. The predicted molar refractivity (Wildman–Crippen MR) is 150 cm³/mol. The van der Waals surface area contributed by atoms with Crippen LogP contribution in [-0.4, -0.2) is 27.1 Å². The number of benzene rings is 4. The van der Waals surface area contributed by atoms with E-state index in [2.05, 4.69) is 10.5 Å². The van der Waals surface area contributed by atoms with Crippen LogP contribution in [0.5, 0.6) is 5.75 Å². The Morgan fingerprint density at radius 2 is 1.53 bits per heavy atom. The number of amides is 1. The second-order valence-corrected chi connectivity index (χ2v) is 10.6. The molecule has 0 unspecified atom stereocenters. The van der Waals surface area contributed by atoms with Gasteiger partial charge < -0.3 is 4.74 Å². The minimum Gasteiger partial charge on any atom is -0.489 e. The summed E-state index contributed by atoms with van der Waals surface area (Å²) in [5.41, 5.74) is 6.62. The van der Waals surface area contributed by atoms with Crippen LogP contribution in [0.2, 0.25) is 0 Å². The van der Waals surface area contributed by atoms with Crippen LogP contribution in [0.25, 0.3) is 0 Å². The average molecular weight is 528 g/mol. The highest BCUT2D eigenvalue weighted by Gasteiger charge is 2.27. The largest absolute Gasteiger partial charge is 0.489 e. The molecule has 0 spiro atoms. The second-order valence-electron chi connectivity index (χ2n) is 8.75. The van der Waals surface area contributed by atoms with Gasteiger partial charge >= 0.3 is 0 Å². The number of nitrogens with one attached hydrogen (secondary N) is 1. The summed E-state index contributed by atoms with van der Waals surface area (Å²) in [5, 5.41) is 4.01. The van der Waals surface area contributed by atoms with Gasteiger partial charge in [-0.05, 0) is 73.0 Å². The van der Waals surface area contributed by atoms with Crippen LogP contribution in [0.4, 0.5) is 5.69 Å². The molecule has 0 radical (unpaired) electrons. The van der Waals surface area contributed by atoms with Crippen LogP contribution in [0.15, 0.2) is 113 Å². The summed E-state index contributed by atoms with van der Waals surface area (Å²) in [6, 6.07) is 30.5. The monoisotopic (exact) mass is 527 g/mol. The molecule has 4 rings (SSSR count). The molecule has 7 nitrogen and oxygen atoms in total. The molecule has 0 saturated carbocycles.